The molecule has 0 radical (unpaired) electrons. The quantitative estimate of drug-likeness (QED) is 0.506. The van der Waals surface area contributed by atoms with Crippen LogP contribution in [0, 0.1) is 0 Å². The average Bonchev–Trinajstić information content (AvgIpc) is 2.87. The monoisotopic (exact) mass is 345 g/mol. The number of nitrogen functional groups attached to an aromatic ring is 1. The second kappa shape index (κ2) is 7.69. The Morgan fingerprint density at radius 3 is 2.70 bits per heavy atom. The Balaban J connectivity index is 1.97. The number of hydrogen-bond acceptors (Lipinski definition) is 8. The zero-order valence-corrected chi connectivity index (χ0v) is 13.9. The summed E-state index contributed by atoms with van der Waals surface area (Å²) in [5, 5.41) is 0. The Morgan fingerprint density at radius 2 is 2.04 bits per heavy atom. The van der Waals surface area contributed by atoms with Gasteiger partial charge in [-0.3, -0.25) is 14.3 Å². The lowest BCUT2D eigenvalue weighted by Crippen LogP contribution is -2.13. The molecule has 0 aliphatic heterocycles. The van der Waals surface area contributed by atoms with Gasteiger partial charge in [-0.05, 0) is 13.8 Å². The third-order valence-corrected chi connectivity index (χ3v) is 4.67. The van der Waals surface area contributed by atoms with E-state index in [1.807, 2.05) is 0 Å². The van der Waals surface area contributed by atoms with Crippen molar-refractivity contribution in [2.24, 2.45) is 0 Å². The summed E-state index contributed by atoms with van der Waals surface area (Å²) in [4.78, 5) is 22.1. The lowest BCUT2D eigenvalue weighted by molar-refractivity contribution is 0.127. The van der Waals surface area contributed by atoms with Gasteiger partial charge in [-0.25, -0.2) is 4.98 Å². The average molecular weight is 345 g/mol. The van der Waals surface area contributed by atoms with Crippen molar-refractivity contribution in [2.45, 2.75) is 20.4 Å². The highest BCUT2D eigenvalue weighted by atomic mass is 31.2. The summed E-state index contributed by atoms with van der Waals surface area (Å²) in [6.45, 7) is 4.61. The first kappa shape index (κ1) is 17.6. The predicted octanol–water partition coefficient (Wildman–Crippen LogP) is 0.942. The number of nitrogens with two attached hydrogens (primary N) is 1. The zero-order chi connectivity index (χ0) is 16.9. The number of aromatic amines is 1. The van der Waals surface area contributed by atoms with Crippen LogP contribution in [0.25, 0.3) is 11.2 Å². The maximum absolute atomic E-state index is 12.2. The SMILES string of the molecule is CCOP(=O)(COCCn1cnc2c(=O)[nH]c(N)nc21)OCC. The number of nitrogens with one attached hydrogen (secondary N) is 1. The summed E-state index contributed by atoms with van der Waals surface area (Å²) in [7, 11) is -3.23. The molecule has 10 nitrogen and oxygen atoms in total. The lowest BCUT2D eigenvalue weighted by Gasteiger charge is -2.16. The first-order valence-corrected chi connectivity index (χ1v) is 8.88. The zero-order valence-electron chi connectivity index (χ0n) is 13.0. The molecule has 0 aliphatic rings. The number of hydrogen-bond donors (Lipinski definition) is 2. The molecule has 2 aromatic heterocycles. The molecule has 0 spiro atoms. The maximum Gasteiger partial charge on any atom is 0.356 e. The number of rotatable bonds is 9. The summed E-state index contributed by atoms with van der Waals surface area (Å²) >= 11 is 0. The minimum atomic E-state index is -3.23. The Bertz CT molecular complexity index is 748. The number of imidazole rings is 1. The van der Waals surface area contributed by atoms with E-state index in [1.165, 1.54) is 6.33 Å². The van der Waals surface area contributed by atoms with Crippen molar-refractivity contribution in [3.05, 3.63) is 16.7 Å². The minimum absolute atomic E-state index is 0.0161. The molecular formula is C12H20N5O5P. The molecule has 0 fully saturated rings. The Labute approximate surface area is 132 Å². The lowest BCUT2D eigenvalue weighted by atomic mass is 10.5. The summed E-state index contributed by atoms with van der Waals surface area (Å²) in [5.74, 6) is 0.0161. The van der Waals surface area contributed by atoms with Crippen LogP contribution in [-0.2, 0) is 24.9 Å². The van der Waals surface area contributed by atoms with E-state index in [2.05, 4.69) is 15.0 Å². The third-order valence-electron chi connectivity index (χ3n) is 2.87. The molecule has 0 saturated carbocycles. The van der Waals surface area contributed by atoms with Crippen molar-refractivity contribution in [3.63, 3.8) is 0 Å². The summed E-state index contributed by atoms with van der Waals surface area (Å²) in [6, 6.07) is 0. The molecular weight excluding hydrogens is 325 g/mol. The van der Waals surface area contributed by atoms with Gasteiger partial charge < -0.3 is 24.1 Å². The van der Waals surface area contributed by atoms with E-state index >= 15 is 0 Å². The number of ether oxygens (including phenoxy) is 1. The van der Waals surface area contributed by atoms with Gasteiger partial charge in [0.25, 0.3) is 5.56 Å². The van der Waals surface area contributed by atoms with E-state index in [4.69, 9.17) is 19.5 Å². The fraction of sp³-hybridized carbons (Fsp3) is 0.583. The van der Waals surface area contributed by atoms with Gasteiger partial charge in [0.1, 0.15) is 6.35 Å². The molecule has 0 amide bonds. The smallest absolute Gasteiger partial charge is 0.356 e. The number of fused-ring (bicyclic) bond motifs is 1. The predicted molar refractivity (Wildman–Crippen MR) is 84.2 cm³/mol. The van der Waals surface area contributed by atoms with Gasteiger partial charge in [0.2, 0.25) is 5.95 Å². The molecule has 0 atom stereocenters. The molecule has 0 aromatic carbocycles. The molecule has 128 valence electrons. The van der Waals surface area contributed by atoms with Crippen LogP contribution in [0.1, 0.15) is 13.8 Å². The van der Waals surface area contributed by atoms with E-state index in [9.17, 15) is 9.36 Å². The minimum Gasteiger partial charge on any atom is -0.369 e. The molecule has 2 aromatic rings. The van der Waals surface area contributed by atoms with Crippen molar-refractivity contribution < 1.29 is 18.3 Å². The van der Waals surface area contributed by atoms with Crippen molar-refractivity contribution in [1.82, 2.24) is 19.5 Å². The number of aromatic nitrogens is 4. The number of anilines is 1. The summed E-state index contributed by atoms with van der Waals surface area (Å²) in [6.07, 6.45) is 1.33. The standard InChI is InChI=1S/C12H20N5O5P/c1-3-21-23(19,22-4-2)8-20-6-5-17-7-14-9-10(17)15-12(13)16-11(9)18/h7H,3-6,8H2,1-2H3,(H3,13,15,16,18). The van der Waals surface area contributed by atoms with Crippen LogP contribution >= 0.6 is 7.60 Å². The molecule has 0 aliphatic carbocycles. The number of nitrogens with zero attached hydrogens (tertiary/aromatic N) is 3. The molecule has 11 heteroatoms. The molecule has 0 saturated heterocycles. The molecule has 3 N–H and O–H groups in total. The molecule has 0 unspecified atom stereocenters. The highest BCUT2D eigenvalue weighted by Crippen LogP contribution is 2.47. The van der Waals surface area contributed by atoms with Crippen LogP contribution in [0.4, 0.5) is 5.95 Å². The first-order valence-electron chi connectivity index (χ1n) is 7.15. The van der Waals surface area contributed by atoms with E-state index in [-0.39, 0.29) is 37.6 Å². The Kier molecular flexibility index (Phi) is 5.89. The van der Waals surface area contributed by atoms with E-state index in [0.717, 1.165) is 0 Å². The highest BCUT2D eigenvalue weighted by Gasteiger charge is 2.23. The van der Waals surface area contributed by atoms with E-state index in [1.54, 1.807) is 18.4 Å². The Hall–Kier alpha value is -1.74. The highest BCUT2D eigenvalue weighted by molar-refractivity contribution is 7.53. The fourth-order valence-corrected chi connectivity index (χ4v) is 3.34. The van der Waals surface area contributed by atoms with Gasteiger partial charge in [0.15, 0.2) is 11.2 Å². The maximum atomic E-state index is 12.2. The fourth-order valence-electron chi connectivity index (χ4n) is 1.98. The van der Waals surface area contributed by atoms with Gasteiger partial charge in [-0.15, -0.1) is 0 Å². The normalized spacial score (nSPS) is 12.1. The second-order valence-corrected chi connectivity index (χ2v) is 6.54. The van der Waals surface area contributed by atoms with E-state index < -0.39 is 13.2 Å². The molecule has 2 heterocycles. The molecule has 2 rings (SSSR count). The number of H-pyrrole nitrogens is 1. The van der Waals surface area contributed by atoms with Crippen LogP contribution in [0.3, 0.4) is 0 Å². The van der Waals surface area contributed by atoms with E-state index in [0.29, 0.717) is 12.2 Å². The van der Waals surface area contributed by atoms with Crippen LogP contribution in [0.2, 0.25) is 0 Å². The summed E-state index contributed by atoms with van der Waals surface area (Å²) < 4.78 is 29.5. The van der Waals surface area contributed by atoms with Gasteiger partial charge in [-0.2, -0.15) is 4.98 Å². The summed E-state index contributed by atoms with van der Waals surface area (Å²) in [5.41, 5.74) is 5.69. The molecule has 23 heavy (non-hydrogen) atoms. The Morgan fingerprint density at radius 1 is 1.35 bits per heavy atom. The van der Waals surface area contributed by atoms with Crippen LogP contribution in [0.15, 0.2) is 11.1 Å². The van der Waals surface area contributed by atoms with Crippen molar-refractivity contribution in [1.29, 1.82) is 0 Å². The van der Waals surface area contributed by atoms with Gasteiger partial charge >= 0.3 is 7.60 Å². The third kappa shape index (κ3) is 4.38. The van der Waals surface area contributed by atoms with Gasteiger partial charge in [-0.1, -0.05) is 0 Å². The van der Waals surface area contributed by atoms with Crippen LogP contribution in [-0.4, -0.2) is 45.7 Å². The largest absolute Gasteiger partial charge is 0.369 e. The van der Waals surface area contributed by atoms with Crippen molar-refractivity contribution >= 4 is 24.7 Å². The molecule has 0 bridgehead atoms. The van der Waals surface area contributed by atoms with Crippen LogP contribution < -0.4 is 11.3 Å². The van der Waals surface area contributed by atoms with Gasteiger partial charge in [0.05, 0.1) is 26.1 Å². The topological polar surface area (TPSA) is 134 Å². The van der Waals surface area contributed by atoms with Crippen molar-refractivity contribution in [3.8, 4) is 0 Å². The van der Waals surface area contributed by atoms with Crippen LogP contribution in [0.5, 0.6) is 0 Å². The first-order chi connectivity index (χ1) is 11.0. The van der Waals surface area contributed by atoms with Gasteiger partial charge in [0, 0.05) is 6.54 Å². The second-order valence-electron chi connectivity index (χ2n) is 4.55. The van der Waals surface area contributed by atoms with Crippen molar-refractivity contribution in [2.75, 3.05) is 31.9 Å².